The van der Waals surface area contributed by atoms with E-state index in [9.17, 15) is 4.79 Å². The second-order valence-corrected chi connectivity index (χ2v) is 6.29. The number of nitrogens with zero attached hydrogens (tertiary/aromatic N) is 2. The van der Waals surface area contributed by atoms with Crippen LogP contribution in [0.3, 0.4) is 0 Å². The number of aromatic nitrogens is 3. The van der Waals surface area contributed by atoms with Gasteiger partial charge in [-0.15, -0.1) is 5.10 Å². The van der Waals surface area contributed by atoms with E-state index in [0.717, 1.165) is 5.56 Å². The summed E-state index contributed by atoms with van der Waals surface area (Å²) in [6.45, 7) is 2.03. The Morgan fingerprint density at radius 3 is 2.72 bits per heavy atom. The largest absolute Gasteiger partial charge is 0.326 e. The van der Waals surface area contributed by atoms with Crippen molar-refractivity contribution in [1.29, 1.82) is 0 Å². The Balaban J connectivity index is 1.60. The highest BCUT2D eigenvalue weighted by atomic mass is 35.5. The molecule has 6 nitrogen and oxygen atoms in total. The number of nitrogens with one attached hydrogen (secondary N) is 3. The molecule has 0 aliphatic heterocycles. The second kappa shape index (κ2) is 7.55. The minimum Gasteiger partial charge on any atom is -0.308 e. The maximum Gasteiger partial charge on any atom is 0.326 e. The summed E-state index contributed by atoms with van der Waals surface area (Å²) in [6.07, 6.45) is 0.602. The van der Waals surface area contributed by atoms with Crippen molar-refractivity contribution in [3.63, 3.8) is 0 Å². The van der Waals surface area contributed by atoms with Crippen LogP contribution in [0.1, 0.15) is 17.0 Å². The smallest absolute Gasteiger partial charge is 0.308 e. The summed E-state index contributed by atoms with van der Waals surface area (Å²) in [5.74, 6) is 0.857. The topological polar surface area (TPSA) is 82.7 Å². The van der Waals surface area contributed by atoms with E-state index in [2.05, 4.69) is 31.9 Å². The molecule has 8 heteroatoms. The van der Waals surface area contributed by atoms with Crippen LogP contribution in [-0.4, -0.2) is 21.2 Å². The summed E-state index contributed by atoms with van der Waals surface area (Å²) in [5, 5.41) is 12.8. The van der Waals surface area contributed by atoms with Crippen LogP contribution in [0, 0.1) is 6.92 Å². The van der Waals surface area contributed by atoms with E-state index in [1.807, 2.05) is 25.1 Å². The molecule has 2 amide bonds. The molecule has 1 heterocycles. The van der Waals surface area contributed by atoms with Crippen molar-refractivity contribution in [1.82, 2.24) is 15.2 Å². The van der Waals surface area contributed by atoms with Gasteiger partial charge < -0.3 is 5.32 Å². The van der Waals surface area contributed by atoms with E-state index < -0.39 is 6.03 Å². The summed E-state index contributed by atoms with van der Waals surface area (Å²) in [6, 6.07) is 12.5. The van der Waals surface area contributed by atoms with Crippen LogP contribution in [0.25, 0.3) is 0 Å². The molecule has 3 rings (SSSR count). The SMILES string of the molecule is Cc1cccc(Cc2nc(NC(=O)Nc3ccc(Cl)c(Cl)c3)n[nH]2)c1. The zero-order chi connectivity index (χ0) is 17.8. The first-order valence-electron chi connectivity index (χ1n) is 7.49. The average molecular weight is 376 g/mol. The Morgan fingerprint density at radius 1 is 1.12 bits per heavy atom. The Morgan fingerprint density at radius 2 is 1.96 bits per heavy atom. The number of urea groups is 1. The van der Waals surface area contributed by atoms with Gasteiger partial charge in [0, 0.05) is 12.1 Å². The predicted octanol–water partition coefficient (Wildman–Crippen LogP) is 4.65. The van der Waals surface area contributed by atoms with Gasteiger partial charge in [-0.1, -0.05) is 53.0 Å². The molecule has 2 aromatic carbocycles. The van der Waals surface area contributed by atoms with Gasteiger partial charge in [0.2, 0.25) is 5.95 Å². The minimum absolute atomic E-state index is 0.195. The van der Waals surface area contributed by atoms with Gasteiger partial charge in [-0.25, -0.2) is 4.79 Å². The summed E-state index contributed by atoms with van der Waals surface area (Å²) in [4.78, 5) is 16.3. The summed E-state index contributed by atoms with van der Waals surface area (Å²) >= 11 is 11.8. The standard InChI is InChI=1S/C17H15Cl2N5O/c1-10-3-2-4-11(7-10)8-15-21-16(24-23-15)22-17(25)20-12-5-6-13(18)14(19)9-12/h2-7,9H,8H2,1H3,(H3,20,21,22,23,24,25). The van der Waals surface area contributed by atoms with E-state index in [4.69, 9.17) is 23.2 Å². The molecule has 3 N–H and O–H groups in total. The van der Waals surface area contributed by atoms with Gasteiger partial charge in [0.05, 0.1) is 10.0 Å². The minimum atomic E-state index is -0.473. The highest BCUT2D eigenvalue weighted by molar-refractivity contribution is 6.42. The lowest BCUT2D eigenvalue weighted by molar-refractivity contribution is 0.262. The van der Waals surface area contributed by atoms with Crippen molar-refractivity contribution < 1.29 is 4.79 Å². The average Bonchev–Trinajstić information content (AvgIpc) is 2.98. The number of benzene rings is 2. The Hall–Kier alpha value is -2.57. The third-order valence-electron chi connectivity index (χ3n) is 3.39. The highest BCUT2D eigenvalue weighted by Gasteiger charge is 2.09. The first kappa shape index (κ1) is 17.3. The predicted molar refractivity (Wildman–Crippen MR) is 99.5 cm³/mol. The number of hydrogen-bond donors (Lipinski definition) is 3. The molecular weight excluding hydrogens is 361 g/mol. The molecule has 25 heavy (non-hydrogen) atoms. The van der Waals surface area contributed by atoms with Crippen molar-refractivity contribution in [2.45, 2.75) is 13.3 Å². The van der Waals surface area contributed by atoms with Gasteiger partial charge in [-0.05, 0) is 30.7 Å². The van der Waals surface area contributed by atoms with E-state index in [1.165, 1.54) is 5.56 Å². The molecule has 0 fully saturated rings. The monoisotopic (exact) mass is 375 g/mol. The third-order valence-corrected chi connectivity index (χ3v) is 4.13. The zero-order valence-electron chi connectivity index (χ0n) is 13.3. The summed E-state index contributed by atoms with van der Waals surface area (Å²) in [5.41, 5.74) is 2.81. The molecule has 0 atom stereocenters. The lowest BCUT2D eigenvalue weighted by Gasteiger charge is -2.05. The maximum atomic E-state index is 12.0. The molecule has 0 radical (unpaired) electrons. The molecule has 128 valence electrons. The van der Waals surface area contributed by atoms with Gasteiger partial charge in [0.1, 0.15) is 5.82 Å². The lowest BCUT2D eigenvalue weighted by Crippen LogP contribution is -2.20. The molecule has 0 spiro atoms. The number of hydrogen-bond acceptors (Lipinski definition) is 3. The molecule has 0 saturated carbocycles. The molecule has 3 aromatic rings. The van der Waals surface area contributed by atoms with E-state index in [0.29, 0.717) is 28.0 Å². The van der Waals surface area contributed by atoms with Crippen molar-refractivity contribution >= 4 is 40.9 Å². The van der Waals surface area contributed by atoms with Gasteiger partial charge in [-0.2, -0.15) is 4.98 Å². The molecule has 0 aliphatic rings. The second-order valence-electron chi connectivity index (χ2n) is 5.48. The van der Waals surface area contributed by atoms with Crippen LogP contribution >= 0.6 is 23.2 Å². The number of rotatable bonds is 4. The van der Waals surface area contributed by atoms with Crippen LogP contribution in [-0.2, 0) is 6.42 Å². The highest BCUT2D eigenvalue weighted by Crippen LogP contribution is 2.25. The third kappa shape index (κ3) is 4.71. The first-order valence-corrected chi connectivity index (χ1v) is 8.25. The maximum absolute atomic E-state index is 12.0. The van der Waals surface area contributed by atoms with Crippen LogP contribution in [0.4, 0.5) is 16.4 Å². The van der Waals surface area contributed by atoms with Gasteiger partial charge in [-0.3, -0.25) is 10.4 Å². The molecule has 1 aromatic heterocycles. The number of carbonyl (C=O) groups excluding carboxylic acids is 1. The number of halogens is 2. The normalized spacial score (nSPS) is 10.5. The van der Waals surface area contributed by atoms with Crippen LogP contribution in [0.5, 0.6) is 0 Å². The van der Waals surface area contributed by atoms with E-state index in [1.54, 1.807) is 18.2 Å². The fourth-order valence-corrected chi connectivity index (χ4v) is 2.58. The van der Waals surface area contributed by atoms with Gasteiger partial charge in [0.25, 0.3) is 0 Å². The van der Waals surface area contributed by atoms with Crippen molar-refractivity contribution in [3.8, 4) is 0 Å². The number of amides is 2. The number of H-pyrrole nitrogens is 1. The number of anilines is 2. The van der Waals surface area contributed by atoms with Crippen LogP contribution < -0.4 is 10.6 Å². The fraction of sp³-hybridized carbons (Fsp3) is 0.118. The Labute approximate surface area is 154 Å². The molecule has 0 bridgehead atoms. The quantitative estimate of drug-likeness (QED) is 0.620. The van der Waals surface area contributed by atoms with Crippen molar-refractivity contribution in [3.05, 3.63) is 69.5 Å². The van der Waals surface area contributed by atoms with Crippen molar-refractivity contribution in [2.24, 2.45) is 0 Å². The molecular formula is C17H15Cl2N5O. The molecule has 0 saturated heterocycles. The van der Waals surface area contributed by atoms with Crippen LogP contribution in [0.2, 0.25) is 10.0 Å². The Kier molecular flexibility index (Phi) is 5.21. The van der Waals surface area contributed by atoms with Crippen molar-refractivity contribution in [2.75, 3.05) is 10.6 Å². The number of carbonyl (C=O) groups is 1. The molecule has 0 aliphatic carbocycles. The molecule has 0 unspecified atom stereocenters. The lowest BCUT2D eigenvalue weighted by atomic mass is 10.1. The van der Waals surface area contributed by atoms with Crippen LogP contribution in [0.15, 0.2) is 42.5 Å². The van der Waals surface area contributed by atoms with E-state index in [-0.39, 0.29) is 5.95 Å². The number of aryl methyl sites for hydroxylation is 1. The summed E-state index contributed by atoms with van der Waals surface area (Å²) < 4.78 is 0. The van der Waals surface area contributed by atoms with E-state index >= 15 is 0 Å². The fourth-order valence-electron chi connectivity index (χ4n) is 2.28. The number of aromatic amines is 1. The van der Waals surface area contributed by atoms with Gasteiger partial charge in [0.15, 0.2) is 0 Å². The summed E-state index contributed by atoms with van der Waals surface area (Å²) in [7, 11) is 0. The first-order chi connectivity index (χ1) is 12.0. The zero-order valence-corrected chi connectivity index (χ0v) is 14.8. The van der Waals surface area contributed by atoms with Gasteiger partial charge >= 0.3 is 6.03 Å². The Bertz CT molecular complexity index is 910.